The molecule has 1 N–H and O–H groups in total. The average Bonchev–Trinajstić information content (AvgIpc) is 3.37. The van der Waals surface area contributed by atoms with E-state index >= 15 is 0 Å². The zero-order chi connectivity index (χ0) is 23.7. The lowest BCUT2D eigenvalue weighted by Gasteiger charge is -2.20. The van der Waals surface area contributed by atoms with E-state index in [0.29, 0.717) is 10.7 Å². The molecule has 6 nitrogen and oxygen atoms in total. The van der Waals surface area contributed by atoms with Gasteiger partial charge in [-0.25, -0.2) is 0 Å². The van der Waals surface area contributed by atoms with Crippen LogP contribution in [0, 0.1) is 25.2 Å². The fraction of sp³-hybridized carbons (Fsp3) is 0.407. The number of amides is 1. The second-order valence-corrected chi connectivity index (χ2v) is 10.5. The number of rotatable bonds is 6. The van der Waals surface area contributed by atoms with Crippen molar-refractivity contribution < 1.29 is 4.79 Å². The van der Waals surface area contributed by atoms with Gasteiger partial charge in [0.25, 0.3) is 5.91 Å². The molecule has 3 heterocycles. The Morgan fingerprint density at radius 2 is 1.91 bits per heavy atom. The van der Waals surface area contributed by atoms with Gasteiger partial charge in [-0.15, -0.1) is 0 Å². The summed E-state index contributed by atoms with van der Waals surface area (Å²) in [6.45, 7) is 4.90. The number of hydrazone groups is 1. The molecule has 5 rings (SSSR count). The number of aliphatic imine (C=N–C) groups is 1. The maximum Gasteiger partial charge on any atom is 0.283 e. The number of thioether (sulfide) groups is 1. The van der Waals surface area contributed by atoms with Crippen LogP contribution in [-0.2, 0) is 11.3 Å². The molecule has 34 heavy (non-hydrogen) atoms. The zero-order valence-electron chi connectivity index (χ0n) is 19.9. The Bertz CT molecular complexity index is 1200. The van der Waals surface area contributed by atoms with Gasteiger partial charge in [0.1, 0.15) is 5.04 Å². The predicted octanol–water partition coefficient (Wildman–Crippen LogP) is 6.13. The van der Waals surface area contributed by atoms with E-state index in [9.17, 15) is 4.79 Å². The van der Waals surface area contributed by atoms with Crippen molar-refractivity contribution in [2.45, 2.75) is 65.3 Å². The molecule has 0 spiro atoms. The normalized spacial score (nSPS) is 20.1. The van der Waals surface area contributed by atoms with Crippen LogP contribution < -0.4 is 0 Å². The minimum Gasteiger partial charge on any atom is -0.344 e. The number of carbonyl (C=O) groups excluding carboxylic acids is 1. The van der Waals surface area contributed by atoms with Gasteiger partial charge >= 0.3 is 0 Å². The lowest BCUT2D eigenvalue weighted by Crippen LogP contribution is -2.35. The van der Waals surface area contributed by atoms with Gasteiger partial charge in [-0.05, 0) is 67.6 Å². The summed E-state index contributed by atoms with van der Waals surface area (Å²) in [6.07, 6.45) is 10.5. The number of hydrogen-bond donors (Lipinski definition) is 1. The molecule has 1 amide bonds. The van der Waals surface area contributed by atoms with Crippen molar-refractivity contribution in [1.29, 1.82) is 5.41 Å². The second-order valence-electron chi connectivity index (χ2n) is 9.45. The van der Waals surface area contributed by atoms with Gasteiger partial charge in [-0.1, -0.05) is 62.4 Å². The number of fused-ring (bicyclic) bond motifs is 1. The van der Waals surface area contributed by atoms with Gasteiger partial charge in [0.05, 0.1) is 5.57 Å². The lowest BCUT2D eigenvalue weighted by molar-refractivity contribution is -0.114. The van der Waals surface area contributed by atoms with E-state index in [1.165, 1.54) is 54.4 Å². The van der Waals surface area contributed by atoms with Crippen molar-refractivity contribution in [2.24, 2.45) is 16.0 Å². The van der Waals surface area contributed by atoms with Crippen LogP contribution in [0.2, 0.25) is 0 Å². The molecule has 2 aromatic rings. The summed E-state index contributed by atoms with van der Waals surface area (Å²) in [5.41, 5.74) is 4.64. The fourth-order valence-corrected chi connectivity index (χ4v) is 5.98. The summed E-state index contributed by atoms with van der Waals surface area (Å²) in [7, 11) is 0. The van der Waals surface area contributed by atoms with Gasteiger partial charge < -0.3 is 4.57 Å². The van der Waals surface area contributed by atoms with E-state index in [1.807, 2.05) is 18.2 Å². The minimum atomic E-state index is -0.361. The maximum absolute atomic E-state index is 12.9. The topological polar surface area (TPSA) is 73.8 Å². The smallest absolute Gasteiger partial charge is 0.283 e. The number of aryl methyl sites for hydroxylation is 1. The van der Waals surface area contributed by atoms with Crippen LogP contribution in [-0.4, -0.2) is 31.5 Å². The van der Waals surface area contributed by atoms with Crippen LogP contribution in [0.1, 0.15) is 67.5 Å². The molecular formula is C27H31N5OS. The Labute approximate surface area is 205 Å². The minimum absolute atomic E-state index is 0.114. The quantitative estimate of drug-likeness (QED) is 0.513. The number of amidine groups is 2. The van der Waals surface area contributed by atoms with Crippen LogP contribution in [0.25, 0.3) is 6.08 Å². The molecule has 1 aromatic heterocycles. The number of benzene rings is 1. The third-order valence-electron chi connectivity index (χ3n) is 7.08. The van der Waals surface area contributed by atoms with Crippen molar-refractivity contribution in [3.63, 3.8) is 0 Å². The standard InChI is InChI=1S/C27H31N5OS/c1-18-15-22(19(2)31(18)17-21-11-7-4-8-12-21)16-23-25(28)32-27(29-26(23)33)34-24(30-32)14-13-20-9-5-3-6-10-20/h4,7-8,11-12,15-16,20,28H,3,5-6,9-10,13-14,17H2,1-2H3/b23-16+,28-25?. The summed E-state index contributed by atoms with van der Waals surface area (Å²) >= 11 is 1.44. The zero-order valence-corrected chi connectivity index (χ0v) is 20.7. The predicted molar refractivity (Wildman–Crippen MR) is 140 cm³/mol. The first kappa shape index (κ1) is 22.8. The average molecular weight is 474 g/mol. The van der Waals surface area contributed by atoms with E-state index in [4.69, 9.17) is 5.41 Å². The summed E-state index contributed by atoms with van der Waals surface area (Å²) in [6, 6.07) is 12.4. The molecule has 7 heteroatoms. The maximum atomic E-state index is 12.9. The molecule has 3 aliphatic rings. The molecule has 2 aliphatic heterocycles. The van der Waals surface area contributed by atoms with Gasteiger partial charge in [-0.3, -0.25) is 10.2 Å². The highest BCUT2D eigenvalue weighted by Gasteiger charge is 2.35. The van der Waals surface area contributed by atoms with Gasteiger partial charge in [-0.2, -0.15) is 15.1 Å². The van der Waals surface area contributed by atoms with Crippen molar-refractivity contribution >= 4 is 39.8 Å². The first-order valence-electron chi connectivity index (χ1n) is 12.2. The SMILES string of the molecule is Cc1cc(/C=C2\C(=N)N3N=C(CCC4CCCCC4)SC3=NC2=O)c(C)n1Cc1ccccc1. The molecule has 1 aromatic carbocycles. The highest BCUT2D eigenvalue weighted by atomic mass is 32.2. The highest BCUT2D eigenvalue weighted by molar-refractivity contribution is 8.26. The van der Waals surface area contributed by atoms with Crippen molar-refractivity contribution in [3.8, 4) is 0 Å². The number of carbonyl (C=O) groups is 1. The van der Waals surface area contributed by atoms with Gasteiger partial charge in [0.15, 0.2) is 5.84 Å². The largest absolute Gasteiger partial charge is 0.344 e. The Morgan fingerprint density at radius 3 is 2.68 bits per heavy atom. The van der Waals surface area contributed by atoms with Crippen molar-refractivity contribution in [1.82, 2.24) is 9.58 Å². The van der Waals surface area contributed by atoms with Crippen LogP contribution in [0.5, 0.6) is 0 Å². The Morgan fingerprint density at radius 1 is 1.15 bits per heavy atom. The van der Waals surface area contributed by atoms with Gasteiger partial charge in [0.2, 0.25) is 5.17 Å². The number of nitrogens with one attached hydrogen (secondary N) is 1. The molecule has 0 unspecified atom stereocenters. The van der Waals surface area contributed by atoms with E-state index < -0.39 is 0 Å². The Kier molecular flexibility index (Phi) is 6.55. The summed E-state index contributed by atoms with van der Waals surface area (Å²) < 4.78 is 2.24. The van der Waals surface area contributed by atoms with Crippen molar-refractivity contribution in [3.05, 3.63) is 64.5 Å². The molecular weight excluding hydrogens is 442 g/mol. The molecule has 0 atom stereocenters. The molecule has 1 aliphatic carbocycles. The molecule has 0 saturated heterocycles. The van der Waals surface area contributed by atoms with E-state index in [-0.39, 0.29) is 11.7 Å². The van der Waals surface area contributed by atoms with Crippen molar-refractivity contribution in [2.75, 3.05) is 0 Å². The molecule has 0 radical (unpaired) electrons. The summed E-state index contributed by atoms with van der Waals surface area (Å²) in [5.74, 6) is 0.530. The lowest BCUT2D eigenvalue weighted by atomic mass is 9.86. The molecule has 1 saturated carbocycles. The highest BCUT2D eigenvalue weighted by Crippen LogP contribution is 2.33. The third-order valence-corrected chi connectivity index (χ3v) is 8.05. The van der Waals surface area contributed by atoms with Crippen LogP contribution in [0.15, 0.2) is 52.1 Å². The van der Waals surface area contributed by atoms with Gasteiger partial charge in [0, 0.05) is 17.9 Å². The number of nitrogens with zero attached hydrogens (tertiary/aromatic N) is 4. The summed E-state index contributed by atoms with van der Waals surface area (Å²) in [4.78, 5) is 17.1. The Balaban J connectivity index is 1.34. The second kappa shape index (κ2) is 9.74. The number of aromatic nitrogens is 1. The number of hydrogen-bond acceptors (Lipinski definition) is 4. The van der Waals surface area contributed by atoms with Crippen LogP contribution >= 0.6 is 11.8 Å². The van der Waals surface area contributed by atoms with E-state index in [1.54, 1.807) is 6.08 Å². The third kappa shape index (κ3) is 4.67. The van der Waals surface area contributed by atoms with Crippen LogP contribution in [0.3, 0.4) is 0 Å². The Hall–Kier alpha value is -2.93. The van der Waals surface area contributed by atoms with E-state index in [0.717, 1.165) is 47.3 Å². The monoisotopic (exact) mass is 473 g/mol. The van der Waals surface area contributed by atoms with Crippen LogP contribution in [0.4, 0.5) is 0 Å². The molecule has 176 valence electrons. The molecule has 0 bridgehead atoms. The van der Waals surface area contributed by atoms with E-state index in [2.05, 4.69) is 46.7 Å². The molecule has 1 fully saturated rings. The first-order valence-corrected chi connectivity index (χ1v) is 13.0. The fourth-order valence-electron chi connectivity index (χ4n) is 5.07. The first-order chi connectivity index (χ1) is 16.5. The summed E-state index contributed by atoms with van der Waals surface area (Å²) in [5, 5.41) is 16.4.